The minimum atomic E-state index is -0.637. The molecule has 28 heavy (non-hydrogen) atoms. The van der Waals surface area contributed by atoms with Gasteiger partial charge in [0.05, 0.1) is 19.7 Å². The Morgan fingerprint density at radius 2 is 1.68 bits per heavy atom. The van der Waals surface area contributed by atoms with Crippen molar-refractivity contribution in [2.24, 2.45) is 0 Å². The van der Waals surface area contributed by atoms with Crippen molar-refractivity contribution < 1.29 is 24.1 Å². The fraction of sp³-hybridized carbons (Fsp3) is 0.333. The molecule has 7 nitrogen and oxygen atoms in total. The maximum Gasteiger partial charge on any atom is 0.161 e. The van der Waals surface area contributed by atoms with Crippen molar-refractivity contribution >= 4 is 10.9 Å². The van der Waals surface area contributed by atoms with Crippen LogP contribution >= 0.6 is 0 Å². The zero-order valence-corrected chi connectivity index (χ0v) is 16.1. The molecule has 0 radical (unpaired) electrons. The number of hydrogen-bond donors (Lipinski definition) is 3. The van der Waals surface area contributed by atoms with Crippen molar-refractivity contribution in [1.82, 2.24) is 10.3 Å². The highest BCUT2D eigenvalue weighted by molar-refractivity contribution is 5.90. The van der Waals surface area contributed by atoms with Crippen molar-refractivity contribution in [3.8, 4) is 23.0 Å². The number of benzene rings is 2. The van der Waals surface area contributed by atoms with Crippen molar-refractivity contribution in [2.45, 2.75) is 6.10 Å². The van der Waals surface area contributed by atoms with E-state index in [2.05, 4.69) is 10.3 Å². The van der Waals surface area contributed by atoms with Crippen LogP contribution in [0.25, 0.3) is 10.9 Å². The van der Waals surface area contributed by atoms with Gasteiger partial charge in [-0.2, -0.15) is 0 Å². The average molecular weight is 386 g/mol. The molecule has 1 atom stereocenters. The molecule has 0 aliphatic carbocycles. The quantitative estimate of drug-likeness (QED) is 0.439. The molecule has 7 heteroatoms. The number of nitrogens with one attached hydrogen (secondary N) is 2. The zero-order valence-electron chi connectivity index (χ0n) is 16.1. The SMILES string of the molecule is COc1ccccc1OCCNC[C@@H](O)COc1ccc(OC)c2[nH]ccc12. The van der Waals surface area contributed by atoms with E-state index in [-0.39, 0.29) is 6.61 Å². The van der Waals surface area contributed by atoms with Gasteiger partial charge in [-0.1, -0.05) is 12.1 Å². The van der Waals surface area contributed by atoms with E-state index in [9.17, 15) is 5.11 Å². The van der Waals surface area contributed by atoms with Crippen LogP contribution in [0.1, 0.15) is 0 Å². The van der Waals surface area contributed by atoms with Crippen LogP contribution in [0.2, 0.25) is 0 Å². The van der Waals surface area contributed by atoms with Crippen molar-refractivity contribution in [2.75, 3.05) is 40.5 Å². The molecule has 0 fully saturated rings. The Hall–Kier alpha value is -2.90. The molecule has 3 rings (SSSR count). The van der Waals surface area contributed by atoms with Gasteiger partial charge in [0.25, 0.3) is 0 Å². The number of aromatic amines is 1. The maximum atomic E-state index is 10.2. The summed E-state index contributed by atoms with van der Waals surface area (Å²) < 4.78 is 22.0. The van der Waals surface area contributed by atoms with E-state index in [1.54, 1.807) is 14.2 Å². The summed E-state index contributed by atoms with van der Waals surface area (Å²) in [5, 5.41) is 14.2. The van der Waals surface area contributed by atoms with E-state index < -0.39 is 6.10 Å². The normalized spacial score (nSPS) is 12.0. The van der Waals surface area contributed by atoms with Crippen LogP contribution in [-0.4, -0.2) is 56.7 Å². The number of methoxy groups -OCH3 is 2. The minimum absolute atomic E-state index is 0.187. The number of aliphatic hydroxyl groups excluding tert-OH is 1. The van der Waals surface area contributed by atoms with Crippen molar-refractivity contribution in [3.05, 3.63) is 48.7 Å². The largest absolute Gasteiger partial charge is 0.495 e. The Bertz CT molecular complexity index is 880. The van der Waals surface area contributed by atoms with Gasteiger partial charge < -0.3 is 34.4 Å². The number of para-hydroxylation sites is 2. The zero-order chi connectivity index (χ0) is 19.8. The fourth-order valence-corrected chi connectivity index (χ4v) is 2.88. The summed E-state index contributed by atoms with van der Waals surface area (Å²) in [6.45, 7) is 1.66. The Morgan fingerprint density at radius 1 is 0.929 bits per heavy atom. The summed E-state index contributed by atoms with van der Waals surface area (Å²) in [7, 11) is 3.24. The third kappa shape index (κ3) is 4.88. The summed E-state index contributed by atoms with van der Waals surface area (Å²) in [6, 6.07) is 13.1. The molecule has 0 unspecified atom stereocenters. The standard InChI is InChI=1S/C21H26N2O5/c1-25-18-5-3-4-6-19(18)27-12-11-22-13-15(24)14-28-17-7-8-20(26-2)21-16(17)9-10-23-21/h3-10,15,22-24H,11-14H2,1-2H3/t15-/m1/s1. The number of aromatic nitrogens is 1. The number of fused-ring (bicyclic) bond motifs is 1. The molecule has 0 amide bonds. The van der Waals surface area contributed by atoms with Gasteiger partial charge in [-0.3, -0.25) is 0 Å². The van der Waals surface area contributed by atoms with Crippen molar-refractivity contribution in [1.29, 1.82) is 0 Å². The van der Waals surface area contributed by atoms with E-state index in [4.69, 9.17) is 18.9 Å². The van der Waals surface area contributed by atoms with Gasteiger partial charge in [-0.15, -0.1) is 0 Å². The molecule has 0 saturated carbocycles. The van der Waals surface area contributed by atoms with Gasteiger partial charge in [-0.05, 0) is 30.3 Å². The number of H-pyrrole nitrogens is 1. The molecular formula is C21H26N2O5. The van der Waals surface area contributed by atoms with Gasteiger partial charge in [0, 0.05) is 24.7 Å². The van der Waals surface area contributed by atoms with Crippen LogP contribution in [0, 0.1) is 0 Å². The third-order valence-corrected chi connectivity index (χ3v) is 4.28. The van der Waals surface area contributed by atoms with E-state index >= 15 is 0 Å². The first kappa shape index (κ1) is 19.9. The van der Waals surface area contributed by atoms with Gasteiger partial charge in [0.15, 0.2) is 11.5 Å². The average Bonchev–Trinajstić information content (AvgIpc) is 3.22. The first-order chi connectivity index (χ1) is 13.7. The van der Waals surface area contributed by atoms with Crippen LogP contribution in [0.3, 0.4) is 0 Å². The van der Waals surface area contributed by atoms with Crippen LogP contribution < -0.4 is 24.3 Å². The van der Waals surface area contributed by atoms with E-state index in [0.717, 1.165) is 16.7 Å². The topological polar surface area (TPSA) is 85.0 Å². The van der Waals surface area contributed by atoms with Crippen LogP contribution in [-0.2, 0) is 0 Å². The molecule has 0 bridgehead atoms. The number of aliphatic hydroxyl groups is 1. The first-order valence-corrected chi connectivity index (χ1v) is 9.14. The van der Waals surface area contributed by atoms with Crippen molar-refractivity contribution in [3.63, 3.8) is 0 Å². The van der Waals surface area contributed by atoms with E-state index in [1.807, 2.05) is 48.7 Å². The number of rotatable bonds is 11. The molecule has 1 heterocycles. The van der Waals surface area contributed by atoms with Gasteiger partial charge in [0.1, 0.15) is 30.8 Å². The molecule has 3 aromatic rings. The lowest BCUT2D eigenvalue weighted by molar-refractivity contribution is 0.106. The summed E-state index contributed by atoms with van der Waals surface area (Å²) in [6.07, 6.45) is 1.20. The smallest absolute Gasteiger partial charge is 0.161 e. The third-order valence-electron chi connectivity index (χ3n) is 4.28. The number of ether oxygens (including phenoxy) is 4. The summed E-state index contributed by atoms with van der Waals surface area (Å²) in [5.41, 5.74) is 0.876. The summed E-state index contributed by atoms with van der Waals surface area (Å²) in [5.74, 6) is 2.86. The molecule has 0 aliphatic rings. The molecule has 2 aromatic carbocycles. The van der Waals surface area contributed by atoms with Crippen LogP contribution in [0.5, 0.6) is 23.0 Å². The van der Waals surface area contributed by atoms with Crippen LogP contribution in [0.15, 0.2) is 48.7 Å². The van der Waals surface area contributed by atoms with E-state index in [0.29, 0.717) is 36.9 Å². The highest BCUT2D eigenvalue weighted by Crippen LogP contribution is 2.32. The Morgan fingerprint density at radius 3 is 2.46 bits per heavy atom. The Balaban J connectivity index is 1.39. The fourth-order valence-electron chi connectivity index (χ4n) is 2.88. The van der Waals surface area contributed by atoms with E-state index in [1.165, 1.54) is 0 Å². The molecule has 0 saturated heterocycles. The maximum absolute atomic E-state index is 10.2. The Kier molecular flexibility index (Phi) is 7.00. The first-order valence-electron chi connectivity index (χ1n) is 9.14. The Labute approximate surface area is 164 Å². The highest BCUT2D eigenvalue weighted by Gasteiger charge is 2.11. The molecule has 3 N–H and O–H groups in total. The highest BCUT2D eigenvalue weighted by atomic mass is 16.5. The lowest BCUT2D eigenvalue weighted by Gasteiger charge is -2.15. The van der Waals surface area contributed by atoms with Gasteiger partial charge in [0.2, 0.25) is 0 Å². The lowest BCUT2D eigenvalue weighted by atomic mass is 10.2. The molecular weight excluding hydrogens is 360 g/mol. The molecule has 0 spiro atoms. The number of hydrogen-bond acceptors (Lipinski definition) is 6. The molecule has 150 valence electrons. The monoisotopic (exact) mass is 386 g/mol. The molecule has 1 aromatic heterocycles. The van der Waals surface area contributed by atoms with Gasteiger partial charge in [-0.25, -0.2) is 0 Å². The second-order valence-electron chi connectivity index (χ2n) is 6.20. The second-order valence-corrected chi connectivity index (χ2v) is 6.20. The summed E-state index contributed by atoms with van der Waals surface area (Å²) in [4.78, 5) is 3.13. The second kappa shape index (κ2) is 9.87. The van der Waals surface area contributed by atoms with Gasteiger partial charge >= 0.3 is 0 Å². The predicted octanol–water partition coefficient (Wildman–Crippen LogP) is 2.59. The predicted molar refractivity (Wildman–Crippen MR) is 108 cm³/mol. The van der Waals surface area contributed by atoms with Crippen LogP contribution in [0.4, 0.5) is 0 Å². The molecule has 0 aliphatic heterocycles. The lowest BCUT2D eigenvalue weighted by Crippen LogP contribution is -2.33. The minimum Gasteiger partial charge on any atom is -0.495 e. The summed E-state index contributed by atoms with van der Waals surface area (Å²) >= 11 is 0.